The summed E-state index contributed by atoms with van der Waals surface area (Å²) < 4.78 is 31.2. The lowest BCUT2D eigenvalue weighted by Gasteiger charge is -2.07. The lowest BCUT2D eigenvalue weighted by atomic mass is 10.2. The van der Waals surface area contributed by atoms with Gasteiger partial charge < -0.3 is 9.50 Å². The highest BCUT2D eigenvalue weighted by Crippen LogP contribution is 2.29. The summed E-state index contributed by atoms with van der Waals surface area (Å²) in [5, 5.41) is 3.26. The molecule has 0 bridgehead atoms. The van der Waals surface area contributed by atoms with E-state index in [0.717, 1.165) is 20.4 Å². The van der Waals surface area contributed by atoms with Crippen molar-refractivity contribution in [3.8, 4) is 5.75 Å². The lowest BCUT2D eigenvalue weighted by molar-refractivity contribution is -0.115. The fourth-order valence-corrected chi connectivity index (χ4v) is 4.90. The van der Waals surface area contributed by atoms with Crippen molar-refractivity contribution < 1.29 is 17.4 Å². The summed E-state index contributed by atoms with van der Waals surface area (Å²) in [6, 6.07) is 20.6. The SMILES string of the molecule is Cc1ccc(S(=O)(=O)Oc2ccc(/C=C3/SC(=Nc4ccc(I)cc4)NC3=O)cc2)cc1. The first kappa shape index (κ1) is 22.6. The topological polar surface area (TPSA) is 84.8 Å². The van der Waals surface area contributed by atoms with Gasteiger partial charge in [-0.05, 0) is 101 Å². The molecule has 9 heteroatoms. The van der Waals surface area contributed by atoms with Gasteiger partial charge in [0, 0.05) is 3.57 Å². The summed E-state index contributed by atoms with van der Waals surface area (Å²) in [5.41, 5.74) is 2.45. The summed E-state index contributed by atoms with van der Waals surface area (Å²) >= 11 is 3.47. The quantitative estimate of drug-likeness (QED) is 0.255. The molecular weight excluding hydrogens is 559 g/mol. The van der Waals surface area contributed by atoms with E-state index in [0.29, 0.717) is 10.1 Å². The van der Waals surface area contributed by atoms with Gasteiger partial charge in [0.1, 0.15) is 10.6 Å². The Balaban J connectivity index is 1.46. The molecule has 1 N–H and O–H groups in total. The standard InChI is InChI=1S/C23H17IN2O4S2/c1-15-2-12-20(13-3-15)32(28,29)30-19-10-4-16(5-11-19)14-21-22(27)26-23(31-21)25-18-8-6-17(24)7-9-18/h2-14H,1H3,(H,25,26,27)/b21-14+. The van der Waals surface area contributed by atoms with Crippen LogP contribution in [-0.2, 0) is 14.9 Å². The number of rotatable bonds is 5. The van der Waals surface area contributed by atoms with Crippen molar-refractivity contribution in [1.29, 1.82) is 0 Å². The second-order valence-corrected chi connectivity index (χ2v) is 10.7. The minimum absolute atomic E-state index is 0.0910. The van der Waals surface area contributed by atoms with Crippen LogP contribution in [0.25, 0.3) is 6.08 Å². The van der Waals surface area contributed by atoms with Crippen LogP contribution in [0.1, 0.15) is 11.1 Å². The third-order valence-electron chi connectivity index (χ3n) is 4.40. The molecule has 1 saturated heterocycles. The number of carbonyl (C=O) groups excluding carboxylic acids is 1. The molecular formula is C23H17IN2O4S2. The fraction of sp³-hybridized carbons (Fsp3) is 0.0435. The maximum absolute atomic E-state index is 12.4. The van der Waals surface area contributed by atoms with Gasteiger partial charge in [-0.3, -0.25) is 4.79 Å². The number of hydrogen-bond donors (Lipinski definition) is 1. The molecule has 1 fully saturated rings. The Kier molecular flexibility index (Phi) is 6.68. The van der Waals surface area contributed by atoms with Gasteiger partial charge >= 0.3 is 10.1 Å². The Labute approximate surface area is 204 Å². The molecule has 162 valence electrons. The van der Waals surface area contributed by atoms with Gasteiger partial charge in [0.15, 0.2) is 5.17 Å². The average molecular weight is 576 g/mol. The maximum Gasteiger partial charge on any atom is 0.339 e. The van der Waals surface area contributed by atoms with E-state index in [1.54, 1.807) is 42.5 Å². The first-order valence-electron chi connectivity index (χ1n) is 9.45. The van der Waals surface area contributed by atoms with E-state index < -0.39 is 10.1 Å². The van der Waals surface area contributed by atoms with Crippen molar-refractivity contribution in [3.63, 3.8) is 0 Å². The van der Waals surface area contributed by atoms with Crippen molar-refractivity contribution in [2.75, 3.05) is 0 Å². The minimum Gasteiger partial charge on any atom is -0.379 e. The van der Waals surface area contributed by atoms with Crippen molar-refractivity contribution in [2.24, 2.45) is 4.99 Å². The summed E-state index contributed by atoms with van der Waals surface area (Å²) in [5.74, 6) is -0.0428. The molecule has 1 aliphatic heterocycles. The maximum atomic E-state index is 12.4. The monoisotopic (exact) mass is 576 g/mol. The smallest absolute Gasteiger partial charge is 0.339 e. The van der Waals surface area contributed by atoms with Crippen LogP contribution < -0.4 is 9.50 Å². The number of thioether (sulfide) groups is 1. The van der Waals surface area contributed by atoms with Crippen LogP contribution in [0, 0.1) is 10.5 Å². The number of amides is 1. The van der Waals surface area contributed by atoms with Gasteiger partial charge in [0.25, 0.3) is 5.91 Å². The van der Waals surface area contributed by atoms with Crippen LogP contribution in [0.4, 0.5) is 5.69 Å². The van der Waals surface area contributed by atoms with Gasteiger partial charge in [0.2, 0.25) is 0 Å². The van der Waals surface area contributed by atoms with Crippen molar-refractivity contribution >= 4 is 67.3 Å². The molecule has 6 nitrogen and oxygen atoms in total. The second kappa shape index (κ2) is 9.47. The van der Waals surface area contributed by atoms with Gasteiger partial charge in [-0.2, -0.15) is 8.42 Å². The van der Waals surface area contributed by atoms with E-state index in [-0.39, 0.29) is 16.6 Å². The van der Waals surface area contributed by atoms with Crippen molar-refractivity contribution in [3.05, 3.63) is 92.4 Å². The van der Waals surface area contributed by atoms with Crippen LogP contribution in [0.3, 0.4) is 0 Å². The van der Waals surface area contributed by atoms with E-state index in [1.165, 1.54) is 23.9 Å². The van der Waals surface area contributed by atoms with Gasteiger partial charge in [0.05, 0.1) is 10.6 Å². The summed E-state index contributed by atoms with van der Waals surface area (Å²) in [7, 11) is -3.91. The van der Waals surface area contributed by atoms with Crippen molar-refractivity contribution in [1.82, 2.24) is 5.32 Å². The third kappa shape index (κ3) is 5.59. The molecule has 4 rings (SSSR count). The number of halogens is 1. The first-order chi connectivity index (χ1) is 15.3. The molecule has 1 amide bonds. The molecule has 0 radical (unpaired) electrons. The highest BCUT2D eigenvalue weighted by molar-refractivity contribution is 14.1. The number of aliphatic imine (C=N–C) groups is 1. The molecule has 1 heterocycles. The Bertz CT molecular complexity index is 1320. The zero-order chi connectivity index (χ0) is 22.7. The number of benzene rings is 3. The lowest BCUT2D eigenvalue weighted by Crippen LogP contribution is -2.19. The van der Waals surface area contributed by atoms with E-state index in [9.17, 15) is 13.2 Å². The molecule has 0 atom stereocenters. The predicted octanol–water partition coefficient (Wildman–Crippen LogP) is 5.26. The largest absolute Gasteiger partial charge is 0.379 e. The number of aryl methyl sites for hydroxylation is 1. The Hall–Kier alpha value is -2.63. The molecule has 32 heavy (non-hydrogen) atoms. The van der Waals surface area contributed by atoms with Crippen molar-refractivity contribution in [2.45, 2.75) is 11.8 Å². The average Bonchev–Trinajstić information content (AvgIpc) is 3.10. The molecule has 3 aromatic rings. The van der Waals surface area contributed by atoms with Crippen LogP contribution >= 0.6 is 34.4 Å². The Morgan fingerprint density at radius 2 is 1.62 bits per heavy atom. The Morgan fingerprint density at radius 3 is 2.28 bits per heavy atom. The van der Waals surface area contributed by atoms with Gasteiger partial charge in [-0.1, -0.05) is 29.8 Å². The van der Waals surface area contributed by atoms with E-state index >= 15 is 0 Å². The minimum atomic E-state index is -3.91. The highest BCUT2D eigenvalue weighted by atomic mass is 127. The van der Waals surface area contributed by atoms with Crippen LogP contribution in [0.2, 0.25) is 0 Å². The molecule has 0 aromatic heterocycles. The fourth-order valence-electron chi connectivity index (χ4n) is 2.76. The normalized spacial score (nSPS) is 16.4. The Morgan fingerprint density at radius 1 is 0.969 bits per heavy atom. The summed E-state index contributed by atoms with van der Waals surface area (Å²) in [4.78, 5) is 17.3. The number of carbonyl (C=O) groups is 1. The molecule has 1 aliphatic rings. The van der Waals surface area contributed by atoms with Gasteiger partial charge in [-0.25, -0.2) is 4.99 Å². The van der Waals surface area contributed by atoms with Crippen LogP contribution in [-0.4, -0.2) is 19.5 Å². The summed E-state index contributed by atoms with van der Waals surface area (Å²) in [6.07, 6.45) is 1.72. The molecule has 0 unspecified atom stereocenters. The summed E-state index contributed by atoms with van der Waals surface area (Å²) in [6.45, 7) is 1.88. The number of nitrogens with one attached hydrogen (secondary N) is 1. The van der Waals surface area contributed by atoms with Crippen LogP contribution in [0.5, 0.6) is 5.75 Å². The van der Waals surface area contributed by atoms with Crippen LogP contribution in [0.15, 0.2) is 87.6 Å². The number of hydrogen-bond acceptors (Lipinski definition) is 6. The highest BCUT2D eigenvalue weighted by Gasteiger charge is 2.24. The van der Waals surface area contributed by atoms with E-state index in [1.807, 2.05) is 31.2 Å². The zero-order valence-corrected chi connectivity index (χ0v) is 20.6. The number of amidine groups is 1. The third-order valence-corrected chi connectivity index (χ3v) is 7.29. The predicted molar refractivity (Wildman–Crippen MR) is 135 cm³/mol. The second-order valence-electron chi connectivity index (χ2n) is 6.88. The molecule has 0 aliphatic carbocycles. The van der Waals surface area contributed by atoms with E-state index in [4.69, 9.17) is 4.18 Å². The zero-order valence-electron chi connectivity index (χ0n) is 16.8. The van der Waals surface area contributed by atoms with Gasteiger partial charge in [-0.15, -0.1) is 0 Å². The molecule has 0 saturated carbocycles. The first-order valence-corrected chi connectivity index (χ1v) is 12.8. The number of nitrogens with zero attached hydrogens (tertiary/aromatic N) is 1. The van der Waals surface area contributed by atoms with E-state index in [2.05, 4.69) is 32.9 Å². The molecule has 0 spiro atoms. The molecule has 3 aromatic carbocycles.